The Morgan fingerprint density at radius 1 is 0.909 bits per heavy atom. The average Bonchev–Trinajstić information content (AvgIpc) is 2.52. The lowest BCUT2D eigenvalue weighted by molar-refractivity contribution is -0.268. The molecule has 1 N–H and O–H groups in total. The molecule has 1 saturated heterocycles. The fraction of sp³-hybridized carbons (Fsp3) is 0.786. The normalized spacial score (nSPS) is 27.8. The minimum atomic E-state index is -1.46. The van der Waals surface area contributed by atoms with Gasteiger partial charge in [-0.05, 0) is 0 Å². The number of ether oxygens (including phenoxy) is 4. The van der Waals surface area contributed by atoms with Gasteiger partial charge in [-0.1, -0.05) is 20.8 Å². The summed E-state index contributed by atoms with van der Waals surface area (Å²) < 4.78 is 20.5. The zero-order valence-electron chi connectivity index (χ0n) is 12.9. The summed E-state index contributed by atoms with van der Waals surface area (Å²) in [5, 5.41) is 9.85. The second-order valence-corrected chi connectivity index (χ2v) is 4.72. The van der Waals surface area contributed by atoms with Crippen LogP contribution in [0, 0.1) is 0 Å². The van der Waals surface area contributed by atoms with E-state index in [1.54, 1.807) is 20.8 Å². The number of carbonyl (C=O) groups is 3. The molecule has 0 amide bonds. The van der Waals surface area contributed by atoms with E-state index in [0.717, 1.165) is 0 Å². The first-order chi connectivity index (χ1) is 10.4. The number of hydrogen-bond donors (Lipinski definition) is 1. The molecule has 1 rings (SSSR count). The maximum absolute atomic E-state index is 11.6. The maximum Gasteiger partial charge on any atom is 0.306 e. The van der Waals surface area contributed by atoms with Crippen molar-refractivity contribution in [2.24, 2.45) is 0 Å². The lowest BCUT2D eigenvalue weighted by atomic mass is 10.0. The number of aliphatic hydroxyl groups excluding tert-OH is 1. The van der Waals surface area contributed by atoms with Crippen LogP contribution in [0.5, 0.6) is 0 Å². The average molecular weight is 318 g/mol. The summed E-state index contributed by atoms with van der Waals surface area (Å²) >= 11 is 0. The molecule has 0 unspecified atom stereocenters. The molecule has 1 fully saturated rings. The first-order valence-electron chi connectivity index (χ1n) is 7.30. The fourth-order valence-electron chi connectivity index (χ4n) is 1.85. The Morgan fingerprint density at radius 2 is 1.36 bits per heavy atom. The van der Waals surface area contributed by atoms with Crippen LogP contribution in [0.25, 0.3) is 0 Å². The highest BCUT2D eigenvalue weighted by atomic mass is 16.7. The quantitative estimate of drug-likeness (QED) is 0.550. The zero-order valence-corrected chi connectivity index (χ0v) is 12.9. The van der Waals surface area contributed by atoms with Crippen molar-refractivity contribution in [1.82, 2.24) is 0 Å². The third-order valence-corrected chi connectivity index (χ3v) is 3.09. The zero-order chi connectivity index (χ0) is 16.7. The van der Waals surface area contributed by atoms with E-state index < -0.39 is 42.5 Å². The molecule has 0 radical (unpaired) electrons. The highest BCUT2D eigenvalue weighted by Crippen LogP contribution is 2.24. The molecule has 0 saturated carbocycles. The van der Waals surface area contributed by atoms with Crippen molar-refractivity contribution >= 4 is 17.9 Å². The number of aliphatic hydroxyl groups is 1. The molecule has 4 atom stereocenters. The van der Waals surface area contributed by atoms with E-state index >= 15 is 0 Å². The highest BCUT2D eigenvalue weighted by Gasteiger charge is 2.46. The number of hydrogen-bond acceptors (Lipinski definition) is 8. The van der Waals surface area contributed by atoms with Crippen molar-refractivity contribution in [3.8, 4) is 0 Å². The summed E-state index contributed by atoms with van der Waals surface area (Å²) in [4.78, 5) is 34.5. The van der Waals surface area contributed by atoms with Crippen molar-refractivity contribution in [2.45, 2.75) is 64.6 Å². The molecule has 8 heteroatoms. The van der Waals surface area contributed by atoms with Gasteiger partial charge in [0.1, 0.15) is 0 Å². The smallest absolute Gasteiger partial charge is 0.306 e. The summed E-state index contributed by atoms with van der Waals surface area (Å²) in [6.07, 6.45) is -4.45. The molecule has 0 aromatic heterocycles. The monoisotopic (exact) mass is 318 g/mol. The summed E-state index contributed by atoms with van der Waals surface area (Å²) in [5.74, 6) is -1.66. The Morgan fingerprint density at radius 3 is 1.86 bits per heavy atom. The molecule has 0 aliphatic carbocycles. The predicted molar refractivity (Wildman–Crippen MR) is 72.5 cm³/mol. The second kappa shape index (κ2) is 8.70. The van der Waals surface area contributed by atoms with Gasteiger partial charge in [-0.25, -0.2) is 0 Å². The minimum Gasteiger partial charge on any atom is -0.456 e. The van der Waals surface area contributed by atoms with E-state index in [-0.39, 0.29) is 25.9 Å². The Kier molecular flexibility index (Phi) is 7.26. The number of carbonyl (C=O) groups excluding carboxylic acids is 3. The van der Waals surface area contributed by atoms with Crippen molar-refractivity contribution < 1.29 is 38.4 Å². The van der Waals surface area contributed by atoms with Crippen LogP contribution < -0.4 is 0 Å². The van der Waals surface area contributed by atoms with Gasteiger partial charge in [-0.3, -0.25) is 14.4 Å². The minimum absolute atomic E-state index is 0.0804. The Labute approximate surface area is 128 Å². The van der Waals surface area contributed by atoms with Gasteiger partial charge in [-0.2, -0.15) is 0 Å². The van der Waals surface area contributed by atoms with Gasteiger partial charge in [0.25, 0.3) is 0 Å². The van der Waals surface area contributed by atoms with Gasteiger partial charge < -0.3 is 24.1 Å². The molecule has 0 spiro atoms. The second-order valence-electron chi connectivity index (χ2n) is 4.72. The topological polar surface area (TPSA) is 108 Å². The molecule has 8 nitrogen and oxygen atoms in total. The third-order valence-electron chi connectivity index (χ3n) is 3.09. The third kappa shape index (κ3) is 4.96. The van der Waals surface area contributed by atoms with Gasteiger partial charge >= 0.3 is 17.9 Å². The van der Waals surface area contributed by atoms with Crippen LogP contribution in [0.2, 0.25) is 0 Å². The largest absolute Gasteiger partial charge is 0.456 e. The standard InChI is InChI=1S/C14H22O8/c1-4-9(15)20-8-7-19-14(18)13(22-11(17)6-3)12(8)21-10(16)5-2/h8,12-14,18H,4-7H2,1-3H3/t8-,12-,13+,14-/m0/s1. The van der Waals surface area contributed by atoms with E-state index in [1.807, 2.05) is 0 Å². The predicted octanol–water partition coefficient (Wildman–Crippen LogP) is 0.300. The molecular formula is C14H22O8. The van der Waals surface area contributed by atoms with Crippen molar-refractivity contribution in [1.29, 1.82) is 0 Å². The molecule has 0 bridgehead atoms. The molecule has 1 heterocycles. The van der Waals surface area contributed by atoms with Gasteiger partial charge in [0, 0.05) is 19.3 Å². The summed E-state index contributed by atoms with van der Waals surface area (Å²) in [6.45, 7) is 4.63. The fourth-order valence-corrected chi connectivity index (χ4v) is 1.85. The summed E-state index contributed by atoms with van der Waals surface area (Å²) in [5.41, 5.74) is 0. The Bertz CT molecular complexity index is 408. The molecule has 0 aromatic carbocycles. The first-order valence-corrected chi connectivity index (χ1v) is 7.30. The van der Waals surface area contributed by atoms with Gasteiger partial charge in [0.15, 0.2) is 24.6 Å². The van der Waals surface area contributed by atoms with E-state index in [0.29, 0.717) is 0 Å². The van der Waals surface area contributed by atoms with Crippen LogP contribution in [0.1, 0.15) is 40.0 Å². The number of esters is 3. The SMILES string of the molecule is CCC(=O)O[C@@H]1[C@@H](OC(=O)CC)[C@@H](O)OC[C@@H]1OC(=O)CC. The molecule has 1 aliphatic heterocycles. The van der Waals surface area contributed by atoms with Crippen LogP contribution in [-0.2, 0) is 33.3 Å². The Hall–Kier alpha value is -1.67. The van der Waals surface area contributed by atoms with Crippen LogP contribution >= 0.6 is 0 Å². The molecular weight excluding hydrogens is 296 g/mol. The molecule has 22 heavy (non-hydrogen) atoms. The van der Waals surface area contributed by atoms with Crippen molar-refractivity contribution in [3.63, 3.8) is 0 Å². The van der Waals surface area contributed by atoms with Crippen LogP contribution in [0.15, 0.2) is 0 Å². The van der Waals surface area contributed by atoms with Crippen LogP contribution in [-0.4, -0.2) is 54.2 Å². The summed E-state index contributed by atoms with van der Waals surface area (Å²) in [6, 6.07) is 0. The van der Waals surface area contributed by atoms with Crippen molar-refractivity contribution in [3.05, 3.63) is 0 Å². The lowest BCUT2D eigenvalue weighted by Gasteiger charge is -2.38. The van der Waals surface area contributed by atoms with E-state index in [4.69, 9.17) is 18.9 Å². The van der Waals surface area contributed by atoms with Crippen LogP contribution in [0.4, 0.5) is 0 Å². The summed E-state index contributed by atoms with van der Waals surface area (Å²) in [7, 11) is 0. The van der Waals surface area contributed by atoms with E-state index in [1.165, 1.54) is 0 Å². The van der Waals surface area contributed by atoms with Gasteiger partial charge in [-0.15, -0.1) is 0 Å². The molecule has 126 valence electrons. The van der Waals surface area contributed by atoms with Crippen LogP contribution in [0.3, 0.4) is 0 Å². The van der Waals surface area contributed by atoms with Crippen molar-refractivity contribution in [2.75, 3.05) is 6.61 Å². The highest BCUT2D eigenvalue weighted by molar-refractivity contribution is 5.71. The van der Waals surface area contributed by atoms with Gasteiger partial charge in [0.05, 0.1) is 6.61 Å². The van der Waals surface area contributed by atoms with E-state index in [9.17, 15) is 19.5 Å². The first kappa shape index (κ1) is 18.4. The lowest BCUT2D eigenvalue weighted by Crippen LogP contribution is -2.57. The van der Waals surface area contributed by atoms with Gasteiger partial charge in [0.2, 0.25) is 0 Å². The number of rotatable bonds is 6. The molecule has 1 aliphatic rings. The Balaban J connectivity index is 2.92. The maximum atomic E-state index is 11.6. The molecule has 0 aromatic rings. The van der Waals surface area contributed by atoms with E-state index in [2.05, 4.69) is 0 Å².